The lowest BCUT2D eigenvalue weighted by Gasteiger charge is -2.28. The number of nitro groups is 1. The van der Waals surface area contributed by atoms with Crippen LogP contribution in [0.5, 0.6) is 0 Å². The first kappa shape index (κ1) is 14.6. The van der Waals surface area contributed by atoms with Gasteiger partial charge in [0.05, 0.1) is 17.6 Å². The van der Waals surface area contributed by atoms with E-state index in [9.17, 15) is 15.2 Å². The fraction of sp³-hybridized carbons (Fsp3) is 0.429. The zero-order valence-corrected chi connectivity index (χ0v) is 11.9. The molecule has 22 heavy (non-hydrogen) atoms. The molecule has 1 unspecified atom stereocenters. The topological polar surface area (TPSA) is 106 Å². The first-order chi connectivity index (χ1) is 10.6. The van der Waals surface area contributed by atoms with Crippen molar-refractivity contribution in [2.24, 2.45) is 0 Å². The van der Waals surface area contributed by atoms with Gasteiger partial charge in [0, 0.05) is 24.2 Å². The summed E-state index contributed by atoms with van der Waals surface area (Å²) in [6, 6.07) is 6.01. The standard InChI is InChI=1S/C14H16N4O4/c19-12-2-1-7-17(8-12)9-13-15-14(16-22-13)10-3-5-11(6-4-10)18(20)21/h3-6,12,19H,1-2,7-9H2. The van der Waals surface area contributed by atoms with Crippen molar-refractivity contribution in [3.05, 3.63) is 40.3 Å². The summed E-state index contributed by atoms with van der Waals surface area (Å²) in [6.07, 6.45) is 1.48. The molecule has 0 bridgehead atoms. The Morgan fingerprint density at radius 3 is 2.86 bits per heavy atom. The van der Waals surface area contributed by atoms with Crippen LogP contribution in [0.2, 0.25) is 0 Å². The van der Waals surface area contributed by atoms with Gasteiger partial charge in [0.25, 0.3) is 5.69 Å². The van der Waals surface area contributed by atoms with Gasteiger partial charge in [-0.1, -0.05) is 5.16 Å². The van der Waals surface area contributed by atoms with E-state index in [1.54, 1.807) is 12.1 Å². The number of non-ortho nitro benzene ring substituents is 1. The number of nitrogens with zero attached hydrogens (tertiary/aromatic N) is 4. The first-order valence-electron chi connectivity index (χ1n) is 7.09. The smallest absolute Gasteiger partial charge is 0.269 e. The molecule has 2 aromatic rings. The molecule has 8 nitrogen and oxygen atoms in total. The lowest BCUT2D eigenvalue weighted by atomic mass is 10.1. The summed E-state index contributed by atoms with van der Waals surface area (Å²) >= 11 is 0. The van der Waals surface area contributed by atoms with Gasteiger partial charge in [0.2, 0.25) is 11.7 Å². The van der Waals surface area contributed by atoms with E-state index >= 15 is 0 Å². The van der Waals surface area contributed by atoms with Crippen molar-refractivity contribution in [3.8, 4) is 11.4 Å². The Labute approximate surface area is 126 Å². The Hall–Kier alpha value is -2.32. The molecule has 3 rings (SSSR count). The van der Waals surface area contributed by atoms with Gasteiger partial charge in [-0.3, -0.25) is 15.0 Å². The van der Waals surface area contributed by atoms with Crippen LogP contribution in [-0.2, 0) is 6.54 Å². The molecule has 1 aliphatic rings. The van der Waals surface area contributed by atoms with Crippen LogP contribution in [0.1, 0.15) is 18.7 Å². The highest BCUT2D eigenvalue weighted by molar-refractivity contribution is 5.56. The van der Waals surface area contributed by atoms with E-state index in [1.807, 2.05) is 0 Å². The summed E-state index contributed by atoms with van der Waals surface area (Å²) in [7, 11) is 0. The minimum atomic E-state index is -0.451. The lowest BCUT2D eigenvalue weighted by molar-refractivity contribution is -0.384. The maximum Gasteiger partial charge on any atom is 0.269 e. The van der Waals surface area contributed by atoms with E-state index in [-0.39, 0.29) is 11.8 Å². The van der Waals surface area contributed by atoms with Gasteiger partial charge in [0.15, 0.2) is 0 Å². The van der Waals surface area contributed by atoms with Crippen molar-refractivity contribution in [3.63, 3.8) is 0 Å². The molecule has 0 saturated carbocycles. The molecule has 0 spiro atoms. The number of β-amino-alcohol motifs (C(OH)–C–C–N with tert-alkyl or cyclic N) is 1. The molecule has 0 amide bonds. The summed E-state index contributed by atoms with van der Waals surface area (Å²) in [5, 5.41) is 24.2. The quantitative estimate of drug-likeness (QED) is 0.675. The zero-order chi connectivity index (χ0) is 15.5. The van der Waals surface area contributed by atoms with E-state index in [4.69, 9.17) is 4.52 Å². The van der Waals surface area contributed by atoms with Crippen LogP contribution in [0.3, 0.4) is 0 Å². The molecule has 116 valence electrons. The van der Waals surface area contributed by atoms with Crippen molar-refractivity contribution in [1.82, 2.24) is 15.0 Å². The second-order valence-corrected chi connectivity index (χ2v) is 5.35. The van der Waals surface area contributed by atoms with Crippen LogP contribution >= 0.6 is 0 Å². The van der Waals surface area contributed by atoms with Crippen molar-refractivity contribution in [2.45, 2.75) is 25.5 Å². The number of aromatic nitrogens is 2. The number of hydrogen-bond acceptors (Lipinski definition) is 7. The minimum Gasteiger partial charge on any atom is -0.392 e. The molecular weight excluding hydrogens is 288 g/mol. The molecule has 0 radical (unpaired) electrons. The molecule has 1 aromatic heterocycles. The normalized spacial score (nSPS) is 19.2. The highest BCUT2D eigenvalue weighted by Crippen LogP contribution is 2.20. The molecule has 8 heteroatoms. The summed E-state index contributed by atoms with van der Waals surface area (Å²) in [6.45, 7) is 2.00. The van der Waals surface area contributed by atoms with Crippen LogP contribution in [0.25, 0.3) is 11.4 Å². The van der Waals surface area contributed by atoms with Gasteiger partial charge in [0.1, 0.15) is 0 Å². The summed E-state index contributed by atoms with van der Waals surface area (Å²) < 4.78 is 5.22. The molecule has 1 aromatic carbocycles. The third-order valence-corrected chi connectivity index (χ3v) is 3.64. The number of piperidine rings is 1. The number of nitro benzene ring substituents is 1. The highest BCUT2D eigenvalue weighted by atomic mass is 16.6. The fourth-order valence-electron chi connectivity index (χ4n) is 2.53. The summed E-state index contributed by atoms with van der Waals surface area (Å²) in [4.78, 5) is 16.6. The van der Waals surface area contributed by atoms with E-state index in [1.165, 1.54) is 12.1 Å². The van der Waals surface area contributed by atoms with Crippen LogP contribution < -0.4 is 0 Å². The first-order valence-corrected chi connectivity index (χ1v) is 7.09. The van der Waals surface area contributed by atoms with E-state index in [0.29, 0.717) is 30.4 Å². The SMILES string of the molecule is O=[N+]([O-])c1ccc(-c2noc(CN3CCCC(O)C3)n2)cc1. The summed E-state index contributed by atoms with van der Waals surface area (Å²) in [5.41, 5.74) is 0.689. The Bertz CT molecular complexity index is 655. The lowest BCUT2D eigenvalue weighted by Crippen LogP contribution is -2.37. The van der Waals surface area contributed by atoms with Crippen LogP contribution in [0, 0.1) is 10.1 Å². The minimum absolute atomic E-state index is 0.0229. The van der Waals surface area contributed by atoms with Crippen molar-refractivity contribution < 1.29 is 14.6 Å². The number of hydrogen-bond donors (Lipinski definition) is 1. The molecule has 1 fully saturated rings. The van der Waals surface area contributed by atoms with E-state index < -0.39 is 4.92 Å². The molecular formula is C14H16N4O4. The maximum atomic E-state index is 10.6. The maximum absolute atomic E-state index is 10.6. The van der Waals surface area contributed by atoms with Crippen LogP contribution in [0.4, 0.5) is 5.69 Å². The predicted molar refractivity (Wildman–Crippen MR) is 76.9 cm³/mol. The second-order valence-electron chi connectivity index (χ2n) is 5.35. The third-order valence-electron chi connectivity index (χ3n) is 3.64. The molecule has 1 aliphatic heterocycles. The monoisotopic (exact) mass is 304 g/mol. The van der Waals surface area contributed by atoms with Gasteiger partial charge in [-0.05, 0) is 31.5 Å². The average Bonchev–Trinajstić information content (AvgIpc) is 2.96. The van der Waals surface area contributed by atoms with Crippen LogP contribution in [0.15, 0.2) is 28.8 Å². The predicted octanol–water partition coefficient (Wildman–Crippen LogP) is 1.60. The van der Waals surface area contributed by atoms with Crippen molar-refractivity contribution >= 4 is 5.69 Å². The van der Waals surface area contributed by atoms with Gasteiger partial charge in [-0.15, -0.1) is 0 Å². The van der Waals surface area contributed by atoms with E-state index in [2.05, 4.69) is 15.0 Å². The van der Waals surface area contributed by atoms with Gasteiger partial charge in [-0.25, -0.2) is 0 Å². The van der Waals surface area contributed by atoms with Crippen LogP contribution in [-0.4, -0.2) is 44.3 Å². The molecule has 1 saturated heterocycles. The van der Waals surface area contributed by atoms with Crippen molar-refractivity contribution in [1.29, 1.82) is 0 Å². The Kier molecular flexibility index (Phi) is 4.12. The van der Waals surface area contributed by atoms with Crippen molar-refractivity contribution in [2.75, 3.05) is 13.1 Å². The molecule has 1 atom stereocenters. The van der Waals surface area contributed by atoms with Gasteiger partial charge in [-0.2, -0.15) is 4.98 Å². The number of benzene rings is 1. The third kappa shape index (κ3) is 3.29. The molecule has 2 heterocycles. The second kappa shape index (κ2) is 6.20. The zero-order valence-electron chi connectivity index (χ0n) is 11.9. The van der Waals surface area contributed by atoms with E-state index in [0.717, 1.165) is 19.4 Å². The molecule has 0 aliphatic carbocycles. The number of aliphatic hydroxyl groups is 1. The number of likely N-dealkylation sites (tertiary alicyclic amines) is 1. The van der Waals surface area contributed by atoms with Gasteiger partial charge >= 0.3 is 0 Å². The Morgan fingerprint density at radius 2 is 2.18 bits per heavy atom. The fourth-order valence-corrected chi connectivity index (χ4v) is 2.53. The number of aliphatic hydroxyl groups excluding tert-OH is 1. The molecule has 1 N–H and O–H groups in total. The Balaban J connectivity index is 1.69. The number of rotatable bonds is 4. The highest BCUT2D eigenvalue weighted by Gasteiger charge is 2.20. The Morgan fingerprint density at radius 1 is 1.41 bits per heavy atom. The largest absolute Gasteiger partial charge is 0.392 e. The van der Waals surface area contributed by atoms with Gasteiger partial charge < -0.3 is 9.63 Å². The summed E-state index contributed by atoms with van der Waals surface area (Å²) in [5.74, 6) is 0.880. The average molecular weight is 304 g/mol.